The summed E-state index contributed by atoms with van der Waals surface area (Å²) in [5, 5.41) is 8.91. The quantitative estimate of drug-likeness (QED) is 0.625. The zero-order valence-corrected chi connectivity index (χ0v) is 15.6. The second kappa shape index (κ2) is 7.22. The van der Waals surface area contributed by atoms with Crippen molar-refractivity contribution in [1.82, 2.24) is 10.1 Å². The summed E-state index contributed by atoms with van der Waals surface area (Å²) < 4.78 is 6.47. The lowest BCUT2D eigenvalue weighted by Gasteiger charge is -2.34. The Morgan fingerprint density at radius 3 is 2.77 bits per heavy atom. The predicted molar refractivity (Wildman–Crippen MR) is 103 cm³/mol. The molecular formula is C18H18N4O2S2. The summed E-state index contributed by atoms with van der Waals surface area (Å²) in [5.74, 6) is 1.37. The Morgan fingerprint density at radius 1 is 1.31 bits per heavy atom. The lowest BCUT2D eigenvalue weighted by Crippen LogP contribution is -2.44. The molecule has 1 amide bonds. The lowest BCUT2D eigenvalue weighted by atomic mass is 9.77. The maximum atomic E-state index is 12.0. The zero-order valence-electron chi connectivity index (χ0n) is 14.0. The van der Waals surface area contributed by atoms with Crippen LogP contribution < -0.4 is 11.1 Å². The molecule has 0 spiro atoms. The monoisotopic (exact) mass is 386 g/mol. The van der Waals surface area contributed by atoms with Crippen molar-refractivity contribution >= 4 is 34.7 Å². The van der Waals surface area contributed by atoms with Gasteiger partial charge in [0.2, 0.25) is 5.91 Å². The summed E-state index contributed by atoms with van der Waals surface area (Å²) in [5.41, 5.74) is 7.33. The normalized spacial score (nSPS) is 15.4. The van der Waals surface area contributed by atoms with Gasteiger partial charge < -0.3 is 15.6 Å². The Labute approximate surface area is 159 Å². The summed E-state index contributed by atoms with van der Waals surface area (Å²) >= 11 is 3.16. The number of aromatic nitrogens is 2. The van der Waals surface area contributed by atoms with Gasteiger partial charge in [0.15, 0.2) is 5.82 Å². The van der Waals surface area contributed by atoms with E-state index in [-0.39, 0.29) is 5.91 Å². The van der Waals surface area contributed by atoms with Crippen molar-refractivity contribution in [2.45, 2.75) is 29.0 Å². The van der Waals surface area contributed by atoms with Gasteiger partial charge in [0.05, 0.1) is 15.5 Å². The average molecular weight is 387 g/mol. The fourth-order valence-electron chi connectivity index (χ4n) is 2.70. The molecule has 1 aliphatic rings. The molecule has 0 atom stereocenters. The van der Waals surface area contributed by atoms with Crippen molar-refractivity contribution < 1.29 is 9.32 Å². The largest absolute Gasteiger partial charge is 0.334 e. The number of nitrogens with two attached hydrogens (primary N) is 1. The second-order valence-corrected chi connectivity index (χ2v) is 8.50. The highest BCUT2D eigenvalue weighted by Gasteiger charge is 2.39. The summed E-state index contributed by atoms with van der Waals surface area (Å²) in [6, 6.07) is 11.3. The molecule has 3 N–H and O–H groups in total. The second-order valence-electron chi connectivity index (χ2n) is 6.28. The van der Waals surface area contributed by atoms with Crippen LogP contribution in [0.5, 0.6) is 0 Å². The highest BCUT2D eigenvalue weighted by Crippen LogP contribution is 2.37. The van der Waals surface area contributed by atoms with Crippen LogP contribution in [-0.4, -0.2) is 21.8 Å². The van der Waals surface area contributed by atoms with Crippen LogP contribution in [0.2, 0.25) is 0 Å². The number of carbonyl (C=O) groups excluding carboxylic acids is 1. The van der Waals surface area contributed by atoms with Gasteiger partial charge in [-0.25, -0.2) is 0 Å². The van der Waals surface area contributed by atoms with Crippen molar-refractivity contribution in [3.05, 3.63) is 47.6 Å². The van der Waals surface area contributed by atoms with Crippen molar-refractivity contribution in [2.75, 3.05) is 11.1 Å². The van der Waals surface area contributed by atoms with Crippen LogP contribution in [0.4, 0.5) is 5.69 Å². The minimum absolute atomic E-state index is 0.0358. The molecule has 1 fully saturated rings. The number of amides is 1. The highest BCUT2D eigenvalue weighted by atomic mass is 32.2. The van der Waals surface area contributed by atoms with Gasteiger partial charge in [-0.1, -0.05) is 11.2 Å². The number of thiophene rings is 1. The van der Waals surface area contributed by atoms with E-state index in [4.69, 9.17) is 10.3 Å². The van der Waals surface area contributed by atoms with Gasteiger partial charge in [-0.3, -0.25) is 4.79 Å². The summed E-state index contributed by atoms with van der Waals surface area (Å²) in [7, 11) is 0. The fraction of sp³-hybridized carbons (Fsp3) is 0.278. The Hall–Kier alpha value is -2.16. The Balaban J connectivity index is 1.36. The number of thioether (sulfide) groups is 1. The topological polar surface area (TPSA) is 94.0 Å². The molecule has 1 aliphatic carbocycles. The van der Waals surface area contributed by atoms with Gasteiger partial charge in [0.25, 0.3) is 5.89 Å². The van der Waals surface area contributed by atoms with Crippen LogP contribution >= 0.6 is 23.1 Å². The molecule has 8 heteroatoms. The maximum Gasteiger partial charge on any atom is 0.257 e. The predicted octanol–water partition coefficient (Wildman–Crippen LogP) is 3.87. The molecule has 4 rings (SSSR count). The first-order valence-corrected chi connectivity index (χ1v) is 10.2. The highest BCUT2D eigenvalue weighted by molar-refractivity contribution is 8.01. The van der Waals surface area contributed by atoms with Gasteiger partial charge in [0, 0.05) is 11.3 Å². The molecule has 2 aromatic heterocycles. The number of hydrogen-bond donors (Lipinski definition) is 2. The first kappa shape index (κ1) is 17.3. The minimum Gasteiger partial charge on any atom is -0.334 e. The summed E-state index contributed by atoms with van der Waals surface area (Å²) in [6.07, 6.45) is 2.88. The third-order valence-electron chi connectivity index (χ3n) is 4.37. The van der Waals surface area contributed by atoms with Crippen molar-refractivity contribution in [3.63, 3.8) is 0 Å². The van der Waals surface area contributed by atoms with Crippen LogP contribution in [-0.2, 0) is 10.3 Å². The van der Waals surface area contributed by atoms with Gasteiger partial charge in [-0.15, -0.1) is 23.1 Å². The lowest BCUT2D eigenvalue weighted by molar-refractivity contribution is -0.113. The number of rotatable bonds is 6. The molecule has 0 saturated heterocycles. The Bertz CT molecular complexity index is 886. The summed E-state index contributed by atoms with van der Waals surface area (Å²) in [4.78, 5) is 16.5. The molecule has 26 heavy (non-hydrogen) atoms. The van der Waals surface area contributed by atoms with Gasteiger partial charge in [0.1, 0.15) is 0 Å². The number of anilines is 1. The Kier molecular flexibility index (Phi) is 4.80. The van der Waals surface area contributed by atoms with E-state index >= 15 is 0 Å². The van der Waals surface area contributed by atoms with Crippen LogP contribution in [0.1, 0.15) is 25.1 Å². The van der Waals surface area contributed by atoms with E-state index in [2.05, 4.69) is 15.5 Å². The molecular weight excluding hydrogens is 368 g/mol. The fourth-order valence-corrected chi connectivity index (χ4v) is 4.28. The number of hydrogen-bond acceptors (Lipinski definition) is 7. The molecule has 2 heterocycles. The Morgan fingerprint density at radius 2 is 2.12 bits per heavy atom. The third-order valence-corrected chi connectivity index (χ3v) is 6.50. The van der Waals surface area contributed by atoms with E-state index in [0.29, 0.717) is 17.5 Å². The molecule has 0 aliphatic heterocycles. The molecule has 1 aromatic carbocycles. The van der Waals surface area contributed by atoms with Crippen LogP contribution in [0.25, 0.3) is 11.5 Å². The molecule has 0 unspecified atom stereocenters. The number of nitrogens with zero attached hydrogens (tertiary/aromatic N) is 2. The van der Waals surface area contributed by atoms with Gasteiger partial charge in [-0.05, 0) is 55.0 Å². The first-order valence-electron chi connectivity index (χ1n) is 8.32. The number of nitrogens with one attached hydrogen (secondary N) is 1. The standard InChI is InChI=1S/C18H18N4O2S2/c19-18(8-2-9-18)17-21-16(24-22-17)12-4-6-13(7-5-12)20-14(23)11-26-15-3-1-10-25-15/h1,3-7,10H,2,8-9,11,19H2,(H,20,23). The molecule has 3 aromatic rings. The SMILES string of the molecule is NC1(c2noc(-c3ccc(NC(=O)CSc4cccs4)cc3)n2)CCC1. The van der Waals surface area contributed by atoms with Gasteiger partial charge >= 0.3 is 0 Å². The molecule has 0 radical (unpaired) electrons. The maximum absolute atomic E-state index is 12.0. The number of benzene rings is 1. The average Bonchev–Trinajstić information content (AvgIpc) is 3.30. The van der Waals surface area contributed by atoms with Crippen molar-refractivity contribution in [2.24, 2.45) is 5.73 Å². The van der Waals surface area contributed by atoms with E-state index in [0.717, 1.165) is 34.7 Å². The van der Waals surface area contributed by atoms with Crippen molar-refractivity contribution in [1.29, 1.82) is 0 Å². The first-order chi connectivity index (χ1) is 12.6. The van der Waals surface area contributed by atoms with E-state index in [1.807, 2.05) is 41.8 Å². The smallest absolute Gasteiger partial charge is 0.257 e. The van der Waals surface area contributed by atoms with Crippen LogP contribution in [0.15, 0.2) is 50.5 Å². The van der Waals surface area contributed by atoms with Gasteiger partial charge in [-0.2, -0.15) is 4.98 Å². The zero-order chi connectivity index (χ0) is 18.0. The third kappa shape index (κ3) is 3.67. The van der Waals surface area contributed by atoms with Crippen LogP contribution in [0, 0.1) is 0 Å². The van der Waals surface area contributed by atoms with E-state index in [1.165, 1.54) is 11.8 Å². The summed E-state index contributed by atoms with van der Waals surface area (Å²) in [6.45, 7) is 0. The van der Waals surface area contributed by atoms with E-state index in [1.54, 1.807) is 11.3 Å². The molecule has 6 nitrogen and oxygen atoms in total. The molecule has 1 saturated carbocycles. The van der Waals surface area contributed by atoms with E-state index < -0.39 is 5.54 Å². The van der Waals surface area contributed by atoms with Crippen molar-refractivity contribution in [3.8, 4) is 11.5 Å². The number of carbonyl (C=O) groups is 1. The molecule has 0 bridgehead atoms. The van der Waals surface area contributed by atoms with E-state index in [9.17, 15) is 4.79 Å². The molecule has 134 valence electrons. The minimum atomic E-state index is -0.435. The van der Waals surface area contributed by atoms with Crippen LogP contribution in [0.3, 0.4) is 0 Å².